The van der Waals surface area contributed by atoms with Gasteiger partial charge in [0.1, 0.15) is 18.0 Å². The number of halogens is 1. The Morgan fingerprint density at radius 3 is 2.67 bits per heavy atom. The van der Waals surface area contributed by atoms with Crippen LogP contribution in [0.2, 0.25) is 0 Å². The Morgan fingerprint density at radius 1 is 1.17 bits per heavy atom. The third kappa shape index (κ3) is 4.76. The number of aromatic nitrogens is 2. The SMILES string of the molecule is CCCCNC(=O)CN1CCN(c2ncnc3cc(-c4ccc(F)cc4)sc23)CC1. The molecular formula is C22H26FN5OS. The summed E-state index contributed by atoms with van der Waals surface area (Å²) >= 11 is 1.63. The van der Waals surface area contributed by atoms with E-state index >= 15 is 0 Å². The van der Waals surface area contributed by atoms with Crippen molar-refractivity contribution in [1.29, 1.82) is 0 Å². The minimum absolute atomic E-state index is 0.100. The van der Waals surface area contributed by atoms with Gasteiger partial charge in [-0.1, -0.05) is 25.5 Å². The number of anilines is 1. The molecule has 4 rings (SSSR count). The van der Waals surface area contributed by atoms with E-state index in [0.29, 0.717) is 6.54 Å². The van der Waals surface area contributed by atoms with Crippen LogP contribution in [-0.2, 0) is 4.79 Å². The first kappa shape index (κ1) is 20.7. The van der Waals surface area contributed by atoms with Gasteiger partial charge in [0, 0.05) is 37.6 Å². The predicted octanol–water partition coefficient (Wildman–Crippen LogP) is 3.54. The van der Waals surface area contributed by atoms with Crippen molar-refractivity contribution in [3.63, 3.8) is 0 Å². The zero-order chi connectivity index (χ0) is 20.9. The second-order valence-electron chi connectivity index (χ2n) is 7.50. The number of carbonyl (C=O) groups is 1. The first-order valence-electron chi connectivity index (χ1n) is 10.4. The quantitative estimate of drug-likeness (QED) is 0.585. The van der Waals surface area contributed by atoms with E-state index in [4.69, 9.17) is 0 Å². The lowest BCUT2D eigenvalue weighted by atomic mass is 10.2. The highest BCUT2D eigenvalue weighted by molar-refractivity contribution is 7.22. The molecule has 0 spiro atoms. The number of hydrogen-bond acceptors (Lipinski definition) is 6. The van der Waals surface area contributed by atoms with Crippen LogP contribution >= 0.6 is 11.3 Å². The molecule has 8 heteroatoms. The van der Waals surface area contributed by atoms with Gasteiger partial charge in [-0.25, -0.2) is 14.4 Å². The fourth-order valence-electron chi connectivity index (χ4n) is 3.60. The number of rotatable bonds is 7. The van der Waals surface area contributed by atoms with Crippen molar-refractivity contribution in [3.05, 3.63) is 42.5 Å². The van der Waals surface area contributed by atoms with Crippen LogP contribution in [-0.4, -0.2) is 60.0 Å². The van der Waals surface area contributed by atoms with Gasteiger partial charge < -0.3 is 10.2 Å². The van der Waals surface area contributed by atoms with Crippen molar-refractivity contribution >= 4 is 33.3 Å². The van der Waals surface area contributed by atoms with Gasteiger partial charge in [-0.2, -0.15) is 0 Å². The average molecular weight is 428 g/mol. The van der Waals surface area contributed by atoms with Crippen molar-refractivity contribution in [2.45, 2.75) is 19.8 Å². The predicted molar refractivity (Wildman–Crippen MR) is 119 cm³/mol. The molecule has 0 saturated carbocycles. The molecule has 1 amide bonds. The topological polar surface area (TPSA) is 61.4 Å². The van der Waals surface area contributed by atoms with Crippen LogP contribution in [0.25, 0.3) is 20.7 Å². The number of fused-ring (bicyclic) bond motifs is 1. The van der Waals surface area contributed by atoms with Crippen molar-refractivity contribution in [2.24, 2.45) is 0 Å². The normalized spacial score (nSPS) is 14.9. The number of nitrogens with zero attached hydrogens (tertiary/aromatic N) is 4. The highest BCUT2D eigenvalue weighted by Gasteiger charge is 2.22. The van der Waals surface area contributed by atoms with Gasteiger partial charge in [0.05, 0.1) is 16.8 Å². The van der Waals surface area contributed by atoms with E-state index in [1.807, 2.05) is 6.07 Å². The maximum absolute atomic E-state index is 13.2. The molecule has 1 N–H and O–H groups in total. The Hall–Kier alpha value is -2.58. The van der Waals surface area contributed by atoms with E-state index in [9.17, 15) is 9.18 Å². The average Bonchev–Trinajstić information content (AvgIpc) is 3.19. The molecule has 0 atom stereocenters. The van der Waals surface area contributed by atoms with Crippen molar-refractivity contribution in [1.82, 2.24) is 20.2 Å². The minimum atomic E-state index is -0.239. The molecule has 0 radical (unpaired) electrons. The van der Waals surface area contributed by atoms with Crippen LogP contribution in [0.1, 0.15) is 19.8 Å². The third-order valence-electron chi connectivity index (χ3n) is 5.31. The smallest absolute Gasteiger partial charge is 0.234 e. The number of hydrogen-bond donors (Lipinski definition) is 1. The zero-order valence-corrected chi connectivity index (χ0v) is 17.9. The summed E-state index contributed by atoms with van der Waals surface area (Å²) in [5, 5.41) is 2.98. The molecule has 30 heavy (non-hydrogen) atoms. The van der Waals surface area contributed by atoms with Crippen LogP contribution in [0.3, 0.4) is 0 Å². The Balaban J connectivity index is 1.43. The van der Waals surface area contributed by atoms with Crippen LogP contribution in [0.4, 0.5) is 10.2 Å². The lowest BCUT2D eigenvalue weighted by Crippen LogP contribution is -2.49. The first-order valence-corrected chi connectivity index (χ1v) is 11.2. The van der Waals surface area contributed by atoms with Gasteiger partial charge in [-0.15, -0.1) is 11.3 Å². The minimum Gasteiger partial charge on any atom is -0.355 e. The summed E-state index contributed by atoms with van der Waals surface area (Å²) in [5.74, 6) is 0.797. The largest absolute Gasteiger partial charge is 0.355 e. The summed E-state index contributed by atoms with van der Waals surface area (Å²) in [4.78, 5) is 26.5. The molecule has 0 aliphatic carbocycles. The first-order chi connectivity index (χ1) is 14.6. The van der Waals surface area contributed by atoms with Gasteiger partial charge in [0.15, 0.2) is 0 Å². The third-order valence-corrected chi connectivity index (χ3v) is 6.48. The van der Waals surface area contributed by atoms with E-state index < -0.39 is 0 Å². The number of benzene rings is 1. The second-order valence-corrected chi connectivity index (χ2v) is 8.55. The van der Waals surface area contributed by atoms with Crippen molar-refractivity contribution in [3.8, 4) is 10.4 Å². The van der Waals surface area contributed by atoms with Crippen molar-refractivity contribution in [2.75, 3.05) is 44.2 Å². The number of piperazine rings is 1. The van der Waals surface area contributed by atoms with E-state index in [1.54, 1.807) is 29.8 Å². The van der Waals surface area contributed by atoms with Crippen molar-refractivity contribution < 1.29 is 9.18 Å². The number of amides is 1. The molecule has 1 aliphatic heterocycles. The molecule has 0 unspecified atom stereocenters. The molecule has 0 bridgehead atoms. The fraction of sp³-hybridized carbons (Fsp3) is 0.409. The fourth-order valence-corrected chi connectivity index (χ4v) is 4.74. The molecule has 1 saturated heterocycles. The Morgan fingerprint density at radius 2 is 1.93 bits per heavy atom. The highest BCUT2D eigenvalue weighted by Crippen LogP contribution is 2.37. The molecule has 158 valence electrons. The summed E-state index contributed by atoms with van der Waals surface area (Å²) in [6.45, 7) is 6.60. The molecule has 6 nitrogen and oxygen atoms in total. The molecular weight excluding hydrogens is 401 g/mol. The monoisotopic (exact) mass is 427 g/mol. The molecule has 1 fully saturated rings. The van der Waals surface area contributed by atoms with Crippen LogP contribution in [0.15, 0.2) is 36.7 Å². The maximum atomic E-state index is 13.2. The molecule has 3 aromatic rings. The number of nitrogens with one attached hydrogen (secondary N) is 1. The van der Waals surface area contributed by atoms with Gasteiger partial charge in [-0.05, 0) is 30.2 Å². The maximum Gasteiger partial charge on any atom is 0.234 e. The van der Waals surface area contributed by atoms with E-state index in [1.165, 1.54) is 12.1 Å². The summed E-state index contributed by atoms with van der Waals surface area (Å²) < 4.78 is 14.3. The van der Waals surface area contributed by atoms with Gasteiger partial charge >= 0.3 is 0 Å². The Labute approximate surface area is 179 Å². The lowest BCUT2D eigenvalue weighted by molar-refractivity contribution is -0.122. The standard InChI is InChI=1S/C22H26FN5OS/c1-2-3-8-24-20(29)14-27-9-11-28(12-10-27)22-21-18(25-15-26-22)13-19(30-21)16-4-6-17(23)7-5-16/h4-7,13,15H,2-3,8-12,14H2,1H3,(H,24,29). The molecule has 2 aromatic heterocycles. The summed E-state index contributed by atoms with van der Waals surface area (Å²) in [6, 6.07) is 8.57. The summed E-state index contributed by atoms with van der Waals surface area (Å²) in [7, 11) is 0. The van der Waals surface area contributed by atoms with Gasteiger partial charge in [-0.3, -0.25) is 9.69 Å². The van der Waals surface area contributed by atoms with Gasteiger partial charge in [0.2, 0.25) is 5.91 Å². The van der Waals surface area contributed by atoms with Crippen LogP contribution in [0, 0.1) is 5.82 Å². The second kappa shape index (κ2) is 9.49. The Bertz CT molecular complexity index is 998. The van der Waals surface area contributed by atoms with E-state index in [0.717, 1.165) is 72.0 Å². The highest BCUT2D eigenvalue weighted by atomic mass is 32.1. The number of unbranched alkanes of at least 4 members (excludes halogenated alkanes) is 1. The van der Waals surface area contributed by atoms with E-state index in [2.05, 4.69) is 32.0 Å². The molecule has 1 aromatic carbocycles. The zero-order valence-electron chi connectivity index (χ0n) is 17.1. The van der Waals surface area contributed by atoms with E-state index in [-0.39, 0.29) is 11.7 Å². The van der Waals surface area contributed by atoms with Gasteiger partial charge in [0.25, 0.3) is 0 Å². The Kier molecular flexibility index (Phi) is 6.54. The number of thiophene rings is 1. The summed E-state index contributed by atoms with van der Waals surface area (Å²) in [5.41, 5.74) is 1.88. The van der Waals surface area contributed by atoms with Crippen LogP contribution < -0.4 is 10.2 Å². The number of carbonyl (C=O) groups excluding carboxylic acids is 1. The molecule has 1 aliphatic rings. The van der Waals surface area contributed by atoms with Crippen LogP contribution in [0.5, 0.6) is 0 Å². The molecule has 3 heterocycles. The summed E-state index contributed by atoms with van der Waals surface area (Å²) in [6.07, 6.45) is 3.70. The lowest BCUT2D eigenvalue weighted by Gasteiger charge is -2.35.